The fourth-order valence-electron chi connectivity index (χ4n) is 1.92. The van der Waals surface area contributed by atoms with Gasteiger partial charge in [0, 0.05) is 23.9 Å². The molecular weight excluding hydrogens is 300 g/mol. The van der Waals surface area contributed by atoms with Gasteiger partial charge in [0.05, 0.1) is 5.69 Å². The molecule has 1 aromatic rings. The lowest BCUT2D eigenvalue weighted by Gasteiger charge is -2.21. The number of hydrogen-bond donors (Lipinski definition) is 1. The molecule has 5 nitrogen and oxygen atoms in total. The molecule has 2 heterocycles. The summed E-state index contributed by atoms with van der Waals surface area (Å²) in [4.78, 5) is 25.2. The lowest BCUT2D eigenvalue weighted by molar-refractivity contribution is -0.117. The van der Waals surface area contributed by atoms with Crippen molar-refractivity contribution in [3.63, 3.8) is 0 Å². The first-order valence-electron chi connectivity index (χ1n) is 6.35. The van der Waals surface area contributed by atoms with Gasteiger partial charge >= 0.3 is 6.09 Å². The summed E-state index contributed by atoms with van der Waals surface area (Å²) in [5.41, 5.74) is 0.176. The molecule has 7 heteroatoms. The smallest absolute Gasteiger partial charge is 0.406 e. The van der Waals surface area contributed by atoms with Gasteiger partial charge in [0.25, 0.3) is 0 Å². The summed E-state index contributed by atoms with van der Waals surface area (Å²) in [5.74, 6) is 0.286. The second kappa shape index (κ2) is 5.61. The van der Waals surface area contributed by atoms with Gasteiger partial charge in [0.1, 0.15) is 4.34 Å². The van der Waals surface area contributed by atoms with Gasteiger partial charge < -0.3 is 15.0 Å². The van der Waals surface area contributed by atoms with Crippen molar-refractivity contribution in [2.24, 2.45) is 0 Å². The van der Waals surface area contributed by atoms with Gasteiger partial charge in [0.15, 0.2) is 5.75 Å². The summed E-state index contributed by atoms with van der Waals surface area (Å²) in [7, 11) is 0. The molecule has 0 radical (unpaired) electrons. The van der Waals surface area contributed by atoms with E-state index in [0.717, 1.165) is 6.42 Å². The van der Waals surface area contributed by atoms with Crippen molar-refractivity contribution in [3.05, 3.63) is 9.72 Å². The standard InChI is InChI=1S/C13H17ClN2O3S/c1-13(2,3)15-12(18)19-10-8(7-20-11(10)14)16-6-4-5-9(16)17/h7H,4-6H2,1-3H3,(H,15,18). The lowest BCUT2D eigenvalue weighted by atomic mass is 10.1. The summed E-state index contributed by atoms with van der Waals surface area (Å²) in [6, 6.07) is 0. The first-order valence-corrected chi connectivity index (χ1v) is 7.61. The lowest BCUT2D eigenvalue weighted by Crippen LogP contribution is -2.42. The van der Waals surface area contributed by atoms with Crippen LogP contribution in [0.1, 0.15) is 33.6 Å². The molecule has 0 aromatic carbocycles. The number of nitrogens with one attached hydrogen (secondary N) is 1. The molecule has 2 rings (SSSR count). The van der Waals surface area contributed by atoms with Crippen LogP contribution in [0.3, 0.4) is 0 Å². The number of amides is 2. The quantitative estimate of drug-likeness (QED) is 0.909. The molecule has 20 heavy (non-hydrogen) atoms. The fraction of sp³-hybridized carbons (Fsp3) is 0.538. The highest BCUT2D eigenvalue weighted by molar-refractivity contribution is 7.15. The number of hydrogen-bond acceptors (Lipinski definition) is 4. The largest absolute Gasteiger partial charge is 0.413 e. The minimum Gasteiger partial charge on any atom is -0.406 e. The Morgan fingerprint density at radius 1 is 1.50 bits per heavy atom. The van der Waals surface area contributed by atoms with E-state index in [9.17, 15) is 9.59 Å². The number of ether oxygens (including phenoxy) is 1. The highest BCUT2D eigenvalue weighted by atomic mass is 35.5. The monoisotopic (exact) mass is 316 g/mol. The Bertz CT molecular complexity index is 536. The molecule has 0 bridgehead atoms. The molecule has 1 aliphatic heterocycles. The summed E-state index contributed by atoms with van der Waals surface area (Å²) in [6.45, 7) is 6.19. The van der Waals surface area contributed by atoms with Crippen LogP contribution in [0.2, 0.25) is 4.34 Å². The third-order valence-corrected chi connectivity index (χ3v) is 3.89. The molecule has 0 unspecified atom stereocenters. The average molecular weight is 317 g/mol. The molecule has 0 aliphatic carbocycles. The third kappa shape index (κ3) is 3.43. The van der Waals surface area contributed by atoms with E-state index in [-0.39, 0.29) is 11.7 Å². The van der Waals surface area contributed by atoms with Crippen LogP contribution < -0.4 is 15.0 Å². The number of carbonyl (C=O) groups is 2. The first-order chi connectivity index (χ1) is 9.28. The molecule has 1 fully saturated rings. The number of rotatable bonds is 2. The molecule has 1 aromatic heterocycles. The Balaban J connectivity index is 2.17. The van der Waals surface area contributed by atoms with Crippen LogP contribution in [0.25, 0.3) is 0 Å². The van der Waals surface area contributed by atoms with E-state index >= 15 is 0 Å². The zero-order chi connectivity index (χ0) is 14.9. The van der Waals surface area contributed by atoms with Crippen LogP contribution in [0.5, 0.6) is 5.75 Å². The maximum Gasteiger partial charge on any atom is 0.413 e. The Morgan fingerprint density at radius 3 is 2.75 bits per heavy atom. The van der Waals surface area contributed by atoms with Crippen molar-refractivity contribution >= 4 is 40.6 Å². The molecule has 2 amide bonds. The highest BCUT2D eigenvalue weighted by Gasteiger charge is 2.28. The van der Waals surface area contributed by atoms with Crippen LogP contribution in [-0.4, -0.2) is 24.1 Å². The number of nitrogens with zero attached hydrogens (tertiary/aromatic N) is 1. The number of thiophene rings is 1. The van der Waals surface area contributed by atoms with E-state index in [1.165, 1.54) is 11.3 Å². The van der Waals surface area contributed by atoms with Crippen LogP contribution in [0.15, 0.2) is 5.38 Å². The molecule has 0 atom stereocenters. The predicted octanol–water partition coefficient (Wildman–Crippen LogP) is 3.42. The SMILES string of the molecule is CC(C)(C)NC(=O)Oc1c(N2CCCC2=O)csc1Cl. The number of halogens is 1. The van der Waals surface area contributed by atoms with Gasteiger partial charge in [-0.25, -0.2) is 4.79 Å². The summed E-state index contributed by atoms with van der Waals surface area (Å²) >= 11 is 7.31. The van der Waals surface area contributed by atoms with E-state index < -0.39 is 11.6 Å². The van der Waals surface area contributed by atoms with E-state index in [4.69, 9.17) is 16.3 Å². The minimum absolute atomic E-state index is 0.0283. The van der Waals surface area contributed by atoms with Crippen molar-refractivity contribution in [3.8, 4) is 5.75 Å². The normalized spacial score (nSPS) is 15.6. The van der Waals surface area contributed by atoms with Crippen molar-refractivity contribution in [2.45, 2.75) is 39.2 Å². The van der Waals surface area contributed by atoms with Crippen molar-refractivity contribution < 1.29 is 14.3 Å². The van der Waals surface area contributed by atoms with Gasteiger partial charge in [-0.15, -0.1) is 11.3 Å². The average Bonchev–Trinajstić information content (AvgIpc) is 2.84. The van der Waals surface area contributed by atoms with E-state index in [1.54, 1.807) is 10.3 Å². The van der Waals surface area contributed by atoms with Crippen LogP contribution >= 0.6 is 22.9 Å². The van der Waals surface area contributed by atoms with Crippen molar-refractivity contribution in [1.82, 2.24) is 5.32 Å². The van der Waals surface area contributed by atoms with Crippen molar-refractivity contribution in [1.29, 1.82) is 0 Å². The topological polar surface area (TPSA) is 58.6 Å². The fourth-order valence-corrected chi connectivity index (χ4v) is 2.89. The maximum atomic E-state index is 11.8. The summed E-state index contributed by atoms with van der Waals surface area (Å²) < 4.78 is 5.65. The Morgan fingerprint density at radius 2 is 2.20 bits per heavy atom. The number of carbonyl (C=O) groups excluding carboxylic acids is 2. The second-order valence-corrected chi connectivity index (χ2v) is 7.12. The minimum atomic E-state index is -0.578. The van der Waals surface area contributed by atoms with E-state index in [1.807, 2.05) is 20.8 Å². The zero-order valence-electron chi connectivity index (χ0n) is 11.7. The van der Waals surface area contributed by atoms with Gasteiger partial charge in [-0.3, -0.25) is 4.79 Å². The van der Waals surface area contributed by atoms with Gasteiger partial charge in [0.2, 0.25) is 5.91 Å². The van der Waals surface area contributed by atoms with Crippen LogP contribution in [0, 0.1) is 0 Å². The second-order valence-electron chi connectivity index (χ2n) is 5.64. The Labute approximate surface area is 126 Å². The zero-order valence-corrected chi connectivity index (χ0v) is 13.2. The van der Waals surface area contributed by atoms with Gasteiger partial charge in [-0.05, 0) is 27.2 Å². The molecular formula is C13H17ClN2O3S. The highest BCUT2D eigenvalue weighted by Crippen LogP contribution is 2.43. The molecule has 1 N–H and O–H groups in total. The summed E-state index contributed by atoms with van der Waals surface area (Å²) in [5, 5.41) is 4.44. The van der Waals surface area contributed by atoms with Crippen LogP contribution in [0.4, 0.5) is 10.5 Å². The maximum absolute atomic E-state index is 11.8. The molecule has 1 saturated heterocycles. The molecule has 1 aliphatic rings. The Hall–Kier alpha value is -1.27. The van der Waals surface area contributed by atoms with E-state index in [0.29, 0.717) is 23.0 Å². The van der Waals surface area contributed by atoms with Crippen LogP contribution in [-0.2, 0) is 4.79 Å². The number of anilines is 1. The predicted molar refractivity (Wildman–Crippen MR) is 79.8 cm³/mol. The molecule has 110 valence electrons. The first kappa shape index (κ1) is 15.1. The Kier molecular flexibility index (Phi) is 4.25. The van der Waals surface area contributed by atoms with Crippen molar-refractivity contribution in [2.75, 3.05) is 11.4 Å². The van der Waals surface area contributed by atoms with Gasteiger partial charge in [-0.1, -0.05) is 11.6 Å². The van der Waals surface area contributed by atoms with E-state index in [2.05, 4.69) is 5.32 Å². The molecule has 0 saturated carbocycles. The third-order valence-electron chi connectivity index (χ3n) is 2.72. The summed E-state index contributed by atoms with van der Waals surface area (Å²) in [6.07, 6.45) is 0.742. The molecule has 0 spiro atoms. The van der Waals surface area contributed by atoms with Gasteiger partial charge in [-0.2, -0.15) is 0 Å².